The van der Waals surface area contributed by atoms with Crippen molar-refractivity contribution in [3.63, 3.8) is 0 Å². The van der Waals surface area contributed by atoms with Crippen molar-refractivity contribution < 1.29 is 29.2 Å². The number of ketones is 1. The minimum absolute atomic E-state index is 0.0540. The van der Waals surface area contributed by atoms with Crippen LogP contribution in [-0.4, -0.2) is 33.8 Å². The number of nitro groups is 1. The average Bonchev–Trinajstić information content (AvgIpc) is 3.46. The molecule has 0 bridgehead atoms. The van der Waals surface area contributed by atoms with Crippen LogP contribution in [0.3, 0.4) is 0 Å². The van der Waals surface area contributed by atoms with Crippen molar-refractivity contribution in [2.75, 3.05) is 4.90 Å². The number of nitrogens with zero attached hydrogens (tertiary/aromatic N) is 2. The first-order valence-electron chi connectivity index (χ1n) is 11.0. The average molecular weight is 507 g/mol. The summed E-state index contributed by atoms with van der Waals surface area (Å²) in [5.74, 6) is -2.62. The quantitative estimate of drug-likeness (QED) is 0.122. The van der Waals surface area contributed by atoms with Crippen LogP contribution in [0.2, 0.25) is 0 Å². The van der Waals surface area contributed by atoms with Crippen LogP contribution in [-0.2, 0) is 25.5 Å². The molecule has 2 aromatic carbocycles. The van der Waals surface area contributed by atoms with Crippen LogP contribution in [0.4, 0.5) is 11.4 Å². The Labute approximate surface area is 210 Å². The number of rotatable bonds is 7. The van der Waals surface area contributed by atoms with Gasteiger partial charge in [0.2, 0.25) is 0 Å². The van der Waals surface area contributed by atoms with Gasteiger partial charge in [0, 0.05) is 28.3 Å². The van der Waals surface area contributed by atoms with Crippen LogP contribution in [0.5, 0.6) is 0 Å². The number of non-ortho nitro benzene ring substituents is 1. The smallest absolute Gasteiger partial charge is 0.310 e. The van der Waals surface area contributed by atoms with Crippen molar-refractivity contribution in [1.82, 2.24) is 0 Å². The van der Waals surface area contributed by atoms with Gasteiger partial charge in [0.25, 0.3) is 17.4 Å². The maximum Gasteiger partial charge on any atom is 0.310 e. The van der Waals surface area contributed by atoms with Crippen molar-refractivity contribution in [3.8, 4) is 0 Å². The van der Waals surface area contributed by atoms with Crippen LogP contribution in [0.1, 0.15) is 35.9 Å². The van der Waals surface area contributed by atoms with E-state index >= 15 is 0 Å². The highest BCUT2D eigenvalue weighted by Gasteiger charge is 2.47. The summed E-state index contributed by atoms with van der Waals surface area (Å²) in [4.78, 5) is 50.8. The summed E-state index contributed by atoms with van der Waals surface area (Å²) >= 11 is 1.30. The molecule has 1 aliphatic heterocycles. The number of thiophene rings is 1. The number of Topliss-reactive ketones (excluding diaryl/α,β-unsaturated/α-hetero) is 1. The second-order valence-electron chi connectivity index (χ2n) is 8.37. The van der Waals surface area contributed by atoms with E-state index in [-0.39, 0.29) is 35.3 Å². The molecule has 0 radical (unpaired) electrons. The molecular weight excluding hydrogens is 484 g/mol. The highest BCUT2D eigenvalue weighted by molar-refractivity contribution is 7.10. The second kappa shape index (κ2) is 10.1. The summed E-state index contributed by atoms with van der Waals surface area (Å²) in [6.07, 6.45) is -0.182. The standard InChI is InChI=1S/C26H22N2O7S/c1-15(2)35-21(29)13-16-8-10-18(11-9-16)27-23(20-7-4-12-36-20)22(25(31)26(27)32)24(30)17-5-3-6-19(14-17)28(33)34/h3-12,14-15,23,30H,13H2,1-2H3/b24-22-. The number of ether oxygens (including phenoxy) is 1. The SMILES string of the molecule is CC(C)OC(=O)Cc1ccc(N2C(=O)C(=O)/C(=C(\O)c3cccc([N+](=O)[O-])c3)C2c2cccs2)cc1. The Kier molecular flexibility index (Phi) is 6.98. The predicted octanol–water partition coefficient (Wildman–Crippen LogP) is 4.78. The first kappa shape index (κ1) is 24.8. The van der Waals surface area contributed by atoms with Crippen LogP contribution in [0, 0.1) is 10.1 Å². The number of carbonyl (C=O) groups is 3. The predicted molar refractivity (Wildman–Crippen MR) is 134 cm³/mol. The zero-order valence-corrected chi connectivity index (χ0v) is 20.2. The lowest BCUT2D eigenvalue weighted by molar-refractivity contribution is -0.384. The van der Waals surface area contributed by atoms with Crippen molar-refractivity contribution in [3.05, 3.63) is 97.7 Å². The van der Waals surface area contributed by atoms with E-state index in [2.05, 4.69) is 0 Å². The third-order valence-electron chi connectivity index (χ3n) is 5.52. The molecule has 0 spiro atoms. The summed E-state index contributed by atoms with van der Waals surface area (Å²) in [7, 11) is 0. The number of carbonyl (C=O) groups excluding carboxylic acids is 3. The highest BCUT2D eigenvalue weighted by atomic mass is 32.1. The summed E-state index contributed by atoms with van der Waals surface area (Å²) in [6.45, 7) is 3.52. The number of benzene rings is 2. The molecule has 1 N–H and O–H groups in total. The molecule has 184 valence electrons. The molecule has 1 aliphatic rings. The Bertz CT molecular complexity index is 1360. The largest absolute Gasteiger partial charge is 0.507 e. The minimum Gasteiger partial charge on any atom is -0.507 e. The van der Waals surface area contributed by atoms with E-state index in [4.69, 9.17) is 4.74 Å². The first-order valence-corrected chi connectivity index (χ1v) is 11.9. The molecule has 9 nitrogen and oxygen atoms in total. The number of aliphatic hydroxyl groups excluding tert-OH is 1. The molecule has 1 unspecified atom stereocenters. The number of esters is 1. The summed E-state index contributed by atoms with van der Waals surface area (Å²) in [5, 5.41) is 24.1. The lowest BCUT2D eigenvalue weighted by Gasteiger charge is -2.24. The number of aliphatic hydroxyl groups is 1. The van der Waals surface area contributed by atoms with Gasteiger partial charge in [-0.3, -0.25) is 29.4 Å². The molecule has 3 aromatic rings. The summed E-state index contributed by atoms with van der Waals surface area (Å²) in [6, 6.07) is 14.4. The fraction of sp³-hybridized carbons (Fsp3) is 0.192. The van der Waals surface area contributed by atoms with Gasteiger partial charge in [-0.1, -0.05) is 30.3 Å². The third kappa shape index (κ3) is 4.89. The Morgan fingerprint density at radius 3 is 2.47 bits per heavy atom. The van der Waals surface area contributed by atoms with E-state index < -0.39 is 28.4 Å². The fourth-order valence-corrected chi connectivity index (χ4v) is 4.81. The van der Waals surface area contributed by atoms with Crippen LogP contribution in [0.25, 0.3) is 5.76 Å². The van der Waals surface area contributed by atoms with Crippen LogP contribution in [0.15, 0.2) is 71.6 Å². The minimum atomic E-state index is -0.930. The number of hydrogen-bond donors (Lipinski definition) is 1. The maximum absolute atomic E-state index is 13.2. The molecule has 36 heavy (non-hydrogen) atoms. The molecule has 0 saturated carbocycles. The van der Waals surface area contributed by atoms with Gasteiger partial charge in [-0.25, -0.2) is 0 Å². The number of anilines is 1. The Balaban J connectivity index is 1.75. The summed E-state index contributed by atoms with van der Waals surface area (Å²) in [5.41, 5.74) is 0.711. The van der Waals surface area contributed by atoms with Gasteiger partial charge in [-0.2, -0.15) is 0 Å². The second-order valence-corrected chi connectivity index (χ2v) is 9.35. The Morgan fingerprint density at radius 2 is 1.86 bits per heavy atom. The summed E-state index contributed by atoms with van der Waals surface area (Å²) < 4.78 is 5.16. The van der Waals surface area contributed by atoms with E-state index in [1.54, 1.807) is 55.6 Å². The van der Waals surface area contributed by atoms with E-state index in [9.17, 15) is 29.6 Å². The molecule has 1 aromatic heterocycles. The van der Waals surface area contributed by atoms with Crippen molar-refractivity contribution in [2.45, 2.75) is 32.4 Å². The molecular formula is C26H22N2O7S. The zero-order chi connectivity index (χ0) is 26.0. The lowest BCUT2D eigenvalue weighted by Crippen LogP contribution is -2.29. The normalized spacial score (nSPS) is 17.0. The Morgan fingerprint density at radius 1 is 1.14 bits per heavy atom. The van der Waals surface area contributed by atoms with Gasteiger partial charge in [-0.05, 0) is 43.0 Å². The highest BCUT2D eigenvalue weighted by Crippen LogP contribution is 2.43. The molecule has 1 saturated heterocycles. The fourth-order valence-electron chi connectivity index (χ4n) is 3.98. The Hall–Kier alpha value is -4.31. The molecule has 1 amide bonds. The third-order valence-corrected chi connectivity index (χ3v) is 6.44. The molecule has 2 heterocycles. The van der Waals surface area contributed by atoms with E-state index in [1.165, 1.54) is 34.4 Å². The van der Waals surface area contributed by atoms with Crippen molar-refractivity contribution >= 4 is 46.1 Å². The molecule has 1 fully saturated rings. The van der Waals surface area contributed by atoms with Crippen molar-refractivity contribution in [1.29, 1.82) is 0 Å². The van der Waals surface area contributed by atoms with Gasteiger partial charge >= 0.3 is 5.97 Å². The number of nitro benzene ring substituents is 1. The molecule has 0 aliphatic carbocycles. The zero-order valence-electron chi connectivity index (χ0n) is 19.4. The van der Waals surface area contributed by atoms with Crippen LogP contribution < -0.4 is 4.90 Å². The molecule has 4 rings (SSSR count). The molecule has 1 atom stereocenters. The van der Waals surface area contributed by atoms with Gasteiger partial charge in [-0.15, -0.1) is 11.3 Å². The van der Waals surface area contributed by atoms with Gasteiger partial charge in [0.1, 0.15) is 11.8 Å². The van der Waals surface area contributed by atoms with Crippen LogP contribution >= 0.6 is 11.3 Å². The number of hydrogen-bond acceptors (Lipinski definition) is 8. The van der Waals surface area contributed by atoms with Gasteiger partial charge < -0.3 is 9.84 Å². The van der Waals surface area contributed by atoms with E-state index in [1.807, 2.05) is 0 Å². The number of amides is 1. The van der Waals surface area contributed by atoms with Gasteiger partial charge in [0.05, 0.1) is 23.0 Å². The monoisotopic (exact) mass is 506 g/mol. The lowest BCUT2D eigenvalue weighted by atomic mass is 9.99. The topological polar surface area (TPSA) is 127 Å². The van der Waals surface area contributed by atoms with E-state index in [0.717, 1.165) is 6.07 Å². The van der Waals surface area contributed by atoms with Gasteiger partial charge in [0.15, 0.2) is 0 Å². The van der Waals surface area contributed by atoms with Crippen molar-refractivity contribution in [2.24, 2.45) is 0 Å². The molecule has 10 heteroatoms. The maximum atomic E-state index is 13.2. The first-order chi connectivity index (χ1) is 17.2. The van der Waals surface area contributed by atoms with E-state index in [0.29, 0.717) is 16.1 Å².